The van der Waals surface area contributed by atoms with E-state index in [1.165, 1.54) is 18.8 Å². The molecule has 0 radical (unpaired) electrons. The van der Waals surface area contributed by atoms with Gasteiger partial charge in [-0.1, -0.05) is 23.4 Å². The van der Waals surface area contributed by atoms with Crippen LogP contribution in [0.5, 0.6) is 0 Å². The van der Waals surface area contributed by atoms with Crippen LogP contribution in [0, 0.1) is 0 Å². The predicted octanol–water partition coefficient (Wildman–Crippen LogP) is 1.41. The standard InChI is InChI=1S/C11H13ClN4O2S/c1-16-9(17)4-3-6(10(16)18)13-8-5-7(12)14-11(15-8)19-2/h5-6H,3-4H2,1-2H3,(H,13,14,15). The number of carbonyl (C=O) groups is 2. The molecule has 1 atom stereocenters. The molecule has 1 fully saturated rings. The van der Waals surface area contributed by atoms with E-state index in [0.717, 1.165) is 4.90 Å². The Kier molecular flexibility index (Phi) is 4.26. The van der Waals surface area contributed by atoms with Gasteiger partial charge in [0.15, 0.2) is 5.16 Å². The third kappa shape index (κ3) is 3.16. The molecule has 1 N–H and O–H groups in total. The maximum Gasteiger partial charge on any atom is 0.251 e. The molecule has 1 aromatic heterocycles. The first-order valence-corrected chi connectivity index (χ1v) is 7.27. The normalized spacial score (nSPS) is 19.7. The lowest BCUT2D eigenvalue weighted by Crippen LogP contribution is -2.48. The molecule has 1 aromatic rings. The Morgan fingerprint density at radius 2 is 2.21 bits per heavy atom. The lowest BCUT2D eigenvalue weighted by molar-refractivity contribution is -0.146. The summed E-state index contributed by atoms with van der Waals surface area (Å²) in [6.07, 6.45) is 2.64. The first-order valence-electron chi connectivity index (χ1n) is 5.66. The smallest absolute Gasteiger partial charge is 0.251 e. The zero-order valence-electron chi connectivity index (χ0n) is 10.5. The zero-order chi connectivity index (χ0) is 14.0. The van der Waals surface area contributed by atoms with Crippen molar-refractivity contribution in [2.75, 3.05) is 18.6 Å². The lowest BCUT2D eigenvalue weighted by atomic mass is 10.0. The number of nitrogens with zero attached hydrogens (tertiary/aromatic N) is 3. The van der Waals surface area contributed by atoms with Gasteiger partial charge in [0, 0.05) is 19.5 Å². The molecule has 2 amide bonds. The fraction of sp³-hybridized carbons (Fsp3) is 0.455. The highest BCUT2D eigenvalue weighted by Gasteiger charge is 2.31. The number of aromatic nitrogens is 2. The van der Waals surface area contributed by atoms with Crippen LogP contribution in [0.2, 0.25) is 5.15 Å². The van der Waals surface area contributed by atoms with Crippen molar-refractivity contribution in [2.24, 2.45) is 0 Å². The summed E-state index contributed by atoms with van der Waals surface area (Å²) >= 11 is 7.25. The third-order valence-corrected chi connectivity index (χ3v) is 3.57. The zero-order valence-corrected chi connectivity index (χ0v) is 12.1. The molecule has 0 aliphatic carbocycles. The first kappa shape index (κ1) is 14.1. The van der Waals surface area contributed by atoms with E-state index in [4.69, 9.17) is 11.6 Å². The highest BCUT2D eigenvalue weighted by Crippen LogP contribution is 2.20. The molecule has 2 rings (SSSR count). The van der Waals surface area contributed by atoms with Gasteiger partial charge in [-0.3, -0.25) is 14.5 Å². The van der Waals surface area contributed by atoms with E-state index in [2.05, 4.69) is 15.3 Å². The number of piperidine rings is 1. The molecule has 1 unspecified atom stereocenters. The highest BCUT2D eigenvalue weighted by molar-refractivity contribution is 7.98. The number of hydrogen-bond acceptors (Lipinski definition) is 6. The number of nitrogens with one attached hydrogen (secondary N) is 1. The molecule has 6 nitrogen and oxygen atoms in total. The minimum absolute atomic E-state index is 0.159. The fourth-order valence-corrected chi connectivity index (χ4v) is 2.40. The summed E-state index contributed by atoms with van der Waals surface area (Å²) in [5, 5.41) is 3.85. The van der Waals surface area contributed by atoms with Crippen LogP contribution in [0.1, 0.15) is 12.8 Å². The molecule has 2 heterocycles. The summed E-state index contributed by atoms with van der Waals surface area (Å²) in [4.78, 5) is 32.7. The summed E-state index contributed by atoms with van der Waals surface area (Å²) in [6.45, 7) is 0. The van der Waals surface area contributed by atoms with Gasteiger partial charge in [0.05, 0.1) is 0 Å². The van der Waals surface area contributed by atoms with Crippen molar-refractivity contribution in [1.82, 2.24) is 14.9 Å². The molecular formula is C11H13ClN4O2S. The summed E-state index contributed by atoms with van der Waals surface area (Å²) in [5.41, 5.74) is 0. The summed E-state index contributed by atoms with van der Waals surface area (Å²) in [5.74, 6) is 0.0794. The minimum Gasteiger partial charge on any atom is -0.358 e. The van der Waals surface area contributed by atoms with Gasteiger partial charge in [0.1, 0.15) is 17.0 Å². The van der Waals surface area contributed by atoms with Crippen LogP contribution < -0.4 is 5.32 Å². The van der Waals surface area contributed by atoms with Gasteiger partial charge in [-0.05, 0) is 12.7 Å². The molecular weight excluding hydrogens is 288 g/mol. The SMILES string of the molecule is CSc1nc(Cl)cc(NC2CCC(=O)N(C)C2=O)n1. The molecule has 1 aliphatic rings. The van der Waals surface area contributed by atoms with Gasteiger partial charge in [0.25, 0.3) is 5.91 Å². The molecule has 19 heavy (non-hydrogen) atoms. The second-order valence-corrected chi connectivity index (χ2v) is 5.25. The Bertz CT molecular complexity index is 525. The lowest BCUT2D eigenvalue weighted by Gasteiger charge is -2.28. The van der Waals surface area contributed by atoms with Crippen LogP contribution in [0.4, 0.5) is 5.82 Å². The van der Waals surface area contributed by atoms with Crippen molar-refractivity contribution in [3.05, 3.63) is 11.2 Å². The molecule has 0 aromatic carbocycles. The van der Waals surface area contributed by atoms with Gasteiger partial charge in [0.2, 0.25) is 5.91 Å². The molecule has 0 spiro atoms. The number of anilines is 1. The maximum absolute atomic E-state index is 11.9. The third-order valence-electron chi connectivity index (χ3n) is 2.83. The van der Waals surface area contributed by atoms with E-state index < -0.39 is 6.04 Å². The van der Waals surface area contributed by atoms with Gasteiger partial charge < -0.3 is 5.32 Å². The molecule has 1 aliphatic heterocycles. The minimum atomic E-state index is -0.455. The molecule has 1 saturated heterocycles. The molecule has 0 saturated carbocycles. The number of likely N-dealkylation sites (N-methyl/N-ethyl adjacent to an activating group) is 1. The van der Waals surface area contributed by atoms with Crippen molar-refractivity contribution < 1.29 is 9.59 Å². The second-order valence-electron chi connectivity index (χ2n) is 4.09. The summed E-state index contributed by atoms with van der Waals surface area (Å²) < 4.78 is 0. The Morgan fingerprint density at radius 3 is 2.89 bits per heavy atom. The Morgan fingerprint density at radius 1 is 1.47 bits per heavy atom. The summed E-state index contributed by atoms with van der Waals surface area (Å²) in [7, 11) is 1.48. The van der Waals surface area contributed by atoms with Gasteiger partial charge in [-0.2, -0.15) is 0 Å². The van der Waals surface area contributed by atoms with Crippen LogP contribution in [0.3, 0.4) is 0 Å². The number of amides is 2. The van der Waals surface area contributed by atoms with E-state index in [0.29, 0.717) is 29.0 Å². The van der Waals surface area contributed by atoms with Crippen molar-refractivity contribution in [3.8, 4) is 0 Å². The van der Waals surface area contributed by atoms with E-state index in [-0.39, 0.29) is 11.8 Å². The highest BCUT2D eigenvalue weighted by atomic mass is 35.5. The second kappa shape index (κ2) is 5.75. The van der Waals surface area contributed by atoms with Crippen LogP contribution in [-0.4, -0.2) is 46.0 Å². The van der Waals surface area contributed by atoms with Gasteiger partial charge in [-0.25, -0.2) is 9.97 Å². The van der Waals surface area contributed by atoms with E-state index in [1.54, 1.807) is 6.07 Å². The summed E-state index contributed by atoms with van der Waals surface area (Å²) in [6, 6.07) is 1.11. The van der Waals surface area contributed by atoms with Crippen molar-refractivity contribution in [3.63, 3.8) is 0 Å². The molecule has 102 valence electrons. The van der Waals surface area contributed by atoms with E-state index in [9.17, 15) is 9.59 Å². The van der Waals surface area contributed by atoms with E-state index >= 15 is 0 Å². The number of imide groups is 1. The van der Waals surface area contributed by atoms with Gasteiger partial charge >= 0.3 is 0 Å². The number of likely N-dealkylation sites (tertiary alicyclic amines) is 1. The Balaban J connectivity index is 2.15. The van der Waals surface area contributed by atoms with Crippen LogP contribution in [0.15, 0.2) is 11.2 Å². The van der Waals surface area contributed by atoms with Crippen molar-refractivity contribution >= 4 is 41.0 Å². The van der Waals surface area contributed by atoms with Crippen LogP contribution in [-0.2, 0) is 9.59 Å². The first-order chi connectivity index (χ1) is 9.01. The fourth-order valence-electron chi connectivity index (χ4n) is 1.79. The maximum atomic E-state index is 11.9. The number of hydrogen-bond donors (Lipinski definition) is 1. The van der Waals surface area contributed by atoms with Gasteiger partial charge in [-0.15, -0.1) is 0 Å². The number of carbonyl (C=O) groups excluding carboxylic acids is 2. The van der Waals surface area contributed by atoms with Crippen LogP contribution >= 0.6 is 23.4 Å². The van der Waals surface area contributed by atoms with E-state index in [1.807, 2.05) is 6.26 Å². The topological polar surface area (TPSA) is 75.2 Å². The Labute approximate surface area is 119 Å². The number of halogens is 1. The predicted molar refractivity (Wildman–Crippen MR) is 73.2 cm³/mol. The number of rotatable bonds is 3. The van der Waals surface area contributed by atoms with Crippen LogP contribution in [0.25, 0.3) is 0 Å². The Hall–Kier alpha value is -1.34. The largest absolute Gasteiger partial charge is 0.358 e. The van der Waals surface area contributed by atoms with Crippen molar-refractivity contribution in [2.45, 2.75) is 24.0 Å². The monoisotopic (exact) mass is 300 g/mol. The average molecular weight is 301 g/mol. The number of thioether (sulfide) groups is 1. The van der Waals surface area contributed by atoms with Crippen molar-refractivity contribution in [1.29, 1.82) is 0 Å². The quantitative estimate of drug-likeness (QED) is 0.394. The average Bonchev–Trinajstić information content (AvgIpc) is 2.39. The molecule has 8 heteroatoms. The molecule has 0 bridgehead atoms.